The number of rotatable bonds is 7. The molecular formula is C25H21NO6S. The minimum atomic E-state index is -0.757. The van der Waals surface area contributed by atoms with Gasteiger partial charge in [0.1, 0.15) is 27.5 Å². The molecule has 7 nitrogen and oxygen atoms in total. The number of fused-ring (bicyclic) bond motifs is 1. The Morgan fingerprint density at radius 3 is 2.52 bits per heavy atom. The average molecular weight is 464 g/mol. The average Bonchev–Trinajstić information content (AvgIpc) is 3.23. The molecule has 0 aliphatic heterocycles. The van der Waals surface area contributed by atoms with Gasteiger partial charge in [0.05, 0.1) is 13.2 Å². The third-order valence-corrected chi connectivity index (χ3v) is 5.76. The van der Waals surface area contributed by atoms with Gasteiger partial charge in [-0.05, 0) is 43.7 Å². The highest BCUT2D eigenvalue weighted by molar-refractivity contribution is 7.15. The molecule has 0 radical (unpaired) electrons. The molecule has 0 fully saturated rings. The van der Waals surface area contributed by atoms with E-state index in [0.29, 0.717) is 28.9 Å². The Kier molecular flexibility index (Phi) is 6.55. The molecule has 8 heteroatoms. The Balaban J connectivity index is 1.70. The number of anilines is 1. The fraction of sp³-hybridized carbons (Fsp3) is 0.160. The molecule has 4 rings (SSSR count). The van der Waals surface area contributed by atoms with E-state index in [4.69, 9.17) is 13.9 Å². The topological polar surface area (TPSA) is 94.8 Å². The highest BCUT2D eigenvalue weighted by Crippen LogP contribution is 2.37. The molecule has 2 aromatic carbocycles. The summed E-state index contributed by atoms with van der Waals surface area (Å²) in [4.78, 5) is 38.1. The molecule has 0 saturated carbocycles. The summed E-state index contributed by atoms with van der Waals surface area (Å²) in [5.41, 5.74) is 1.09. The number of hydrogen-bond donors (Lipinski definition) is 1. The van der Waals surface area contributed by atoms with Crippen LogP contribution in [-0.4, -0.2) is 25.1 Å². The van der Waals surface area contributed by atoms with E-state index in [9.17, 15) is 14.4 Å². The molecule has 4 aromatic rings. The summed E-state index contributed by atoms with van der Waals surface area (Å²) in [6, 6.07) is 15.7. The zero-order valence-electron chi connectivity index (χ0n) is 18.0. The second-order valence-corrected chi connectivity index (χ2v) is 7.85. The van der Waals surface area contributed by atoms with E-state index in [1.54, 1.807) is 36.6 Å². The van der Waals surface area contributed by atoms with Crippen LogP contribution < -0.4 is 15.7 Å². The molecule has 0 aliphatic rings. The van der Waals surface area contributed by atoms with E-state index < -0.39 is 17.5 Å². The van der Waals surface area contributed by atoms with Crippen LogP contribution in [0.15, 0.2) is 69.2 Å². The Labute approximate surface area is 193 Å². The highest BCUT2D eigenvalue weighted by Gasteiger charge is 2.24. The first kappa shape index (κ1) is 22.3. The monoisotopic (exact) mass is 463 g/mol. The molecule has 0 atom stereocenters. The van der Waals surface area contributed by atoms with Crippen molar-refractivity contribution in [2.75, 3.05) is 18.5 Å². The van der Waals surface area contributed by atoms with Gasteiger partial charge in [-0.2, -0.15) is 0 Å². The Morgan fingerprint density at radius 1 is 1.03 bits per heavy atom. The van der Waals surface area contributed by atoms with Gasteiger partial charge in [-0.1, -0.05) is 30.3 Å². The van der Waals surface area contributed by atoms with E-state index in [1.807, 2.05) is 31.2 Å². The first-order valence-corrected chi connectivity index (χ1v) is 11.3. The van der Waals surface area contributed by atoms with E-state index in [1.165, 1.54) is 17.4 Å². The molecule has 1 N–H and O–H groups in total. The van der Waals surface area contributed by atoms with Crippen LogP contribution in [0.5, 0.6) is 5.75 Å². The van der Waals surface area contributed by atoms with Crippen LogP contribution in [-0.2, 0) is 4.74 Å². The van der Waals surface area contributed by atoms with Gasteiger partial charge in [0.2, 0.25) is 0 Å². The molecule has 0 saturated heterocycles. The van der Waals surface area contributed by atoms with E-state index in [2.05, 4.69) is 5.32 Å². The fourth-order valence-corrected chi connectivity index (χ4v) is 4.31. The predicted octanol–water partition coefficient (Wildman–Crippen LogP) is 5.35. The Hall–Kier alpha value is -3.91. The van der Waals surface area contributed by atoms with E-state index in [-0.39, 0.29) is 22.7 Å². The summed E-state index contributed by atoms with van der Waals surface area (Å²) in [5, 5.41) is 5.36. The van der Waals surface area contributed by atoms with Crippen molar-refractivity contribution in [2.24, 2.45) is 0 Å². The lowest BCUT2D eigenvalue weighted by Crippen LogP contribution is -2.21. The largest absolute Gasteiger partial charge is 0.494 e. The lowest BCUT2D eigenvalue weighted by atomic mass is 10.0. The lowest BCUT2D eigenvalue weighted by Gasteiger charge is -2.09. The Bertz CT molecular complexity index is 1370. The molecule has 0 spiro atoms. The summed E-state index contributed by atoms with van der Waals surface area (Å²) in [6.07, 6.45) is 0. The number of amides is 1. The molecule has 0 aliphatic carbocycles. The van der Waals surface area contributed by atoms with Gasteiger partial charge in [0.15, 0.2) is 0 Å². The molecule has 33 heavy (non-hydrogen) atoms. The molecule has 2 heterocycles. The molecule has 2 aromatic heterocycles. The summed E-state index contributed by atoms with van der Waals surface area (Å²) >= 11 is 1.18. The van der Waals surface area contributed by atoms with Gasteiger partial charge in [0, 0.05) is 16.3 Å². The van der Waals surface area contributed by atoms with Crippen molar-refractivity contribution in [3.05, 3.63) is 81.5 Å². The van der Waals surface area contributed by atoms with Gasteiger partial charge >= 0.3 is 11.6 Å². The lowest BCUT2D eigenvalue weighted by molar-refractivity contribution is 0.0529. The number of ether oxygens (including phenoxy) is 2. The van der Waals surface area contributed by atoms with Crippen molar-refractivity contribution < 1.29 is 23.5 Å². The van der Waals surface area contributed by atoms with Crippen LogP contribution in [0, 0.1) is 0 Å². The number of carbonyl (C=O) groups is 2. The first-order chi connectivity index (χ1) is 16.0. The van der Waals surface area contributed by atoms with Crippen molar-refractivity contribution in [3.8, 4) is 16.9 Å². The van der Waals surface area contributed by atoms with Crippen molar-refractivity contribution in [3.63, 3.8) is 0 Å². The summed E-state index contributed by atoms with van der Waals surface area (Å²) in [5.74, 6) is -0.519. The zero-order chi connectivity index (χ0) is 23.4. The van der Waals surface area contributed by atoms with Crippen molar-refractivity contribution in [1.29, 1.82) is 0 Å². The second-order valence-electron chi connectivity index (χ2n) is 6.97. The summed E-state index contributed by atoms with van der Waals surface area (Å²) < 4.78 is 16.0. The van der Waals surface area contributed by atoms with E-state index in [0.717, 1.165) is 5.56 Å². The highest BCUT2D eigenvalue weighted by atomic mass is 32.1. The van der Waals surface area contributed by atoms with Gasteiger partial charge in [-0.15, -0.1) is 11.3 Å². The Morgan fingerprint density at radius 2 is 1.79 bits per heavy atom. The summed E-state index contributed by atoms with van der Waals surface area (Å²) in [6.45, 7) is 4.33. The number of nitrogens with one attached hydrogen (secondary N) is 1. The van der Waals surface area contributed by atoms with Gasteiger partial charge in [-0.3, -0.25) is 4.79 Å². The third kappa shape index (κ3) is 4.65. The SMILES string of the molecule is CCOC(=O)c1c(-c2ccc(OCC)cc2)csc1NC(=O)c1cc2ccccc2oc1=O. The van der Waals surface area contributed by atoms with Crippen LogP contribution in [0.4, 0.5) is 5.00 Å². The number of para-hydroxylation sites is 1. The second kappa shape index (κ2) is 9.70. The van der Waals surface area contributed by atoms with Gasteiger partial charge in [-0.25, -0.2) is 9.59 Å². The minimum Gasteiger partial charge on any atom is -0.494 e. The maximum Gasteiger partial charge on any atom is 0.349 e. The number of esters is 1. The minimum absolute atomic E-state index is 0.153. The molecule has 0 unspecified atom stereocenters. The molecule has 1 amide bonds. The molecular weight excluding hydrogens is 442 g/mol. The van der Waals surface area contributed by atoms with Crippen molar-refractivity contribution >= 4 is 39.2 Å². The molecule has 168 valence electrons. The summed E-state index contributed by atoms with van der Waals surface area (Å²) in [7, 11) is 0. The van der Waals surface area contributed by atoms with Crippen molar-refractivity contribution in [2.45, 2.75) is 13.8 Å². The number of thiophene rings is 1. The van der Waals surface area contributed by atoms with Crippen LogP contribution in [0.1, 0.15) is 34.6 Å². The number of benzene rings is 2. The standard InChI is InChI=1S/C25H21NO6S/c1-3-30-17-11-9-15(10-12-17)19-14-33-23(21(19)25(29)31-4-2)26-22(27)18-13-16-7-5-6-8-20(16)32-24(18)28/h5-14H,3-4H2,1-2H3,(H,26,27). The smallest absolute Gasteiger partial charge is 0.349 e. The quantitative estimate of drug-likeness (QED) is 0.293. The first-order valence-electron chi connectivity index (χ1n) is 10.4. The van der Waals surface area contributed by atoms with Crippen LogP contribution in [0.2, 0.25) is 0 Å². The number of carbonyl (C=O) groups excluding carboxylic acids is 2. The fourth-order valence-electron chi connectivity index (χ4n) is 3.36. The normalized spacial score (nSPS) is 10.7. The van der Waals surface area contributed by atoms with Gasteiger partial charge in [0.25, 0.3) is 5.91 Å². The maximum atomic E-state index is 12.9. The predicted molar refractivity (Wildman–Crippen MR) is 127 cm³/mol. The number of hydrogen-bond acceptors (Lipinski definition) is 7. The van der Waals surface area contributed by atoms with Crippen LogP contribution in [0.25, 0.3) is 22.1 Å². The van der Waals surface area contributed by atoms with E-state index >= 15 is 0 Å². The zero-order valence-corrected chi connectivity index (χ0v) is 18.9. The molecule has 0 bridgehead atoms. The van der Waals surface area contributed by atoms with Crippen LogP contribution >= 0.6 is 11.3 Å². The van der Waals surface area contributed by atoms with Crippen molar-refractivity contribution in [1.82, 2.24) is 0 Å². The van der Waals surface area contributed by atoms with Crippen LogP contribution in [0.3, 0.4) is 0 Å². The third-order valence-electron chi connectivity index (χ3n) is 4.86. The van der Waals surface area contributed by atoms with Gasteiger partial charge < -0.3 is 19.2 Å². The maximum absolute atomic E-state index is 12.9.